The van der Waals surface area contributed by atoms with Gasteiger partial charge in [0.1, 0.15) is 0 Å². The minimum absolute atomic E-state index is 0.0624. The summed E-state index contributed by atoms with van der Waals surface area (Å²) in [6.45, 7) is 0.642. The molecule has 1 heterocycles. The molecular weight excluding hydrogens is 301 g/mol. The molecule has 2 N–H and O–H groups in total. The van der Waals surface area contributed by atoms with Crippen LogP contribution in [-0.2, 0) is 0 Å². The summed E-state index contributed by atoms with van der Waals surface area (Å²) in [7, 11) is 0. The lowest BCUT2D eigenvalue weighted by molar-refractivity contribution is 0.0951. The van der Waals surface area contributed by atoms with Gasteiger partial charge in [-0.1, -0.05) is 0 Å². The fourth-order valence-electron chi connectivity index (χ4n) is 0.812. The maximum Gasteiger partial charge on any atom is 0.252 e. The van der Waals surface area contributed by atoms with Crippen molar-refractivity contribution in [3.63, 3.8) is 0 Å². The van der Waals surface area contributed by atoms with Gasteiger partial charge in [0.2, 0.25) is 0 Å². The van der Waals surface area contributed by atoms with Gasteiger partial charge >= 0.3 is 0 Å². The lowest BCUT2D eigenvalue weighted by atomic mass is 10.3. The van der Waals surface area contributed by atoms with Gasteiger partial charge in [0.05, 0.1) is 8.45 Å². The van der Waals surface area contributed by atoms with Crippen LogP contribution in [0.2, 0.25) is 0 Å². The molecule has 0 unspecified atom stereocenters. The molecule has 0 bridgehead atoms. The summed E-state index contributed by atoms with van der Waals surface area (Å²) in [6, 6.07) is 1.85. The topological polar surface area (TPSA) is 49.3 Å². The molecule has 0 aromatic carbocycles. The molecule has 0 spiro atoms. The molecule has 0 radical (unpaired) electrons. The Balaban J connectivity index is 2.40. The largest absolute Gasteiger partial charge is 0.396 e. The molecule has 0 fully saturated rings. The standard InChI is InChI=1S/C8H10INO2S/c9-7-4-6(5-13-7)8(12)10-2-1-3-11/h4-5,11H,1-3H2,(H,10,12). The molecule has 1 aromatic rings. The molecule has 72 valence electrons. The number of halogens is 1. The summed E-state index contributed by atoms with van der Waals surface area (Å²) in [5.74, 6) is -0.0624. The Morgan fingerprint density at radius 3 is 3.00 bits per heavy atom. The monoisotopic (exact) mass is 311 g/mol. The zero-order chi connectivity index (χ0) is 9.68. The Kier molecular flexibility index (Phi) is 4.68. The van der Waals surface area contributed by atoms with Crippen LogP contribution >= 0.6 is 33.9 Å². The van der Waals surface area contributed by atoms with Crippen LogP contribution in [0.25, 0.3) is 0 Å². The number of hydrogen-bond donors (Lipinski definition) is 2. The normalized spacial score (nSPS) is 10.0. The van der Waals surface area contributed by atoms with E-state index in [1.54, 1.807) is 11.3 Å². The first-order valence-electron chi connectivity index (χ1n) is 3.87. The van der Waals surface area contributed by atoms with E-state index in [9.17, 15) is 4.79 Å². The molecule has 13 heavy (non-hydrogen) atoms. The fraction of sp³-hybridized carbons (Fsp3) is 0.375. The van der Waals surface area contributed by atoms with Gasteiger partial charge in [-0.3, -0.25) is 4.79 Å². The molecule has 1 amide bonds. The van der Waals surface area contributed by atoms with Crippen LogP contribution in [0, 0.1) is 2.88 Å². The molecule has 0 atom stereocenters. The third-order valence-corrected chi connectivity index (χ3v) is 3.24. The fourth-order valence-corrected chi connectivity index (χ4v) is 2.14. The number of aliphatic hydroxyl groups excluding tert-OH is 1. The molecule has 0 aliphatic carbocycles. The van der Waals surface area contributed by atoms with E-state index >= 15 is 0 Å². The molecule has 1 rings (SSSR count). The molecule has 3 nitrogen and oxygen atoms in total. The van der Waals surface area contributed by atoms with E-state index in [4.69, 9.17) is 5.11 Å². The summed E-state index contributed by atoms with van der Waals surface area (Å²) in [6.07, 6.45) is 0.604. The van der Waals surface area contributed by atoms with Gasteiger partial charge in [-0.15, -0.1) is 11.3 Å². The van der Waals surface area contributed by atoms with E-state index in [1.165, 1.54) is 0 Å². The first-order chi connectivity index (χ1) is 6.24. The zero-order valence-electron chi connectivity index (χ0n) is 6.92. The number of aliphatic hydroxyl groups is 1. The minimum Gasteiger partial charge on any atom is -0.396 e. The summed E-state index contributed by atoms with van der Waals surface area (Å²) < 4.78 is 1.10. The first kappa shape index (κ1) is 10.9. The smallest absolute Gasteiger partial charge is 0.252 e. The minimum atomic E-state index is -0.0624. The van der Waals surface area contributed by atoms with Crippen LogP contribution in [0.5, 0.6) is 0 Å². The van der Waals surface area contributed by atoms with Gasteiger partial charge in [-0.05, 0) is 35.1 Å². The van der Waals surface area contributed by atoms with Gasteiger partial charge < -0.3 is 10.4 Å². The third-order valence-electron chi connectivity index (χ3n) is 1.45. The van der Waals surface area contributed by atoms with Crippen molar-refractivity contribution < 1.29 is 9.90 Å². The molecule has 1 aromatic heterocycles. The third kappa shape index (κ3) is 3.61. The Hall–Kier alpha value is -0.140. The van der Waals surface area contributed by atoms with Gasteiger partial charge in [0.25, 0.3) is 5.91 Å². The highest BCUT2D eigenvalue weighted by atomic mass is 127. The van der Waals surface area contributed by atoms with Crippen LogP contribution in [0.15, 0.2) is 11.4 Å². The van der Waals surface area contributed by atoms with Gasteiger partial charge in [0.15, 0.2) is 0 Å². The molecular formula is C8H10INO2S. The van der Waals surface area contributed by atoms with E-state index in [0.29, 0.717) is 18.5 Å². The highest BCUT2D eigenvalue weighted by Crippen LogP contribution is 2.16. The van der Waals surface area contributed by atoms with Crippen LogP contribution in [-0.4, -0.2) is 24.2 Å². The summed E-state index contributed by atoms with van der Waals surface area (Å²) in [5, 5.41) is 13.1. The Morgan fingerprint density at radius 1 is 1.69 bits per heavy atom. The van der Waals surface area contributed by atoms with Gasteiger partial charge in [0, 0.05) is 18.5 Å². The summed E-state index contributed by atoms with van der Waals surface area (Å²) in [5.41, 5.74) is 0.701. The number of carbonyl (C=O) groups is 1. The van der Waals surface area contributed by atoms with Crippen LogP contribution in [0.1, 0.15) is 16.8 Å². The number of nitrogens with one attached hydrogen (secondary N) is 1. The molecule has 0 saturated carbocycles. The number of carbonyl (C=O) groups excluding carboxylic acids is 1. The molecule has 0 saturated heterocycles. The number of rotatable bonds is 4. The van der Waals surface area contributed by atoms with Crippen molar-refractivity contribution in [1.82, 2.24) is 5.32 Å². The second-order valence-electron chi connectivity index (χ2n) is 2.47. The van der Waals surface area contributed by atoms with E-state index in [2.05, 4.69) is 27.9 Å². The summed E-state index contributed by atoms with van der Waals surface area (Å²) >= 11 is 3.73. The zero-order valence-corrected chi connectivity index (χ0v) is 9.89. The van der Waals surface area contributed by atoms with Crippen molar-refractivity contribution in [1.29, 1.82) is 0 Å². The molecule has 0 aliphatic rings. The van der Waals surface area contributed by atoms with Crippen LogP contribution in [0.4, 0.5) is 0 Å². The van der Waals surface area contributed by atoms with Crippen molar-refractivity contribution in [3.8, 4) is 0 Å². The van der Waals surface area contributed by atoms with Crippen molar-refractivity contribution in [2.75, 3.05) is 13.2 Å². The lowest BCUT2D eigenvalue weighted by Crippen LogP contribution is -2.24. The van der Waals surface area contributed by atoms with Crippen LogP contribution < -0.4 is 5.32 Å². The van der Waals surface area contributed by atoms with Gasteiger partial charge in [-0.2, -0.15) is 0 Å². The Labute approximate surface area is 94.3 Å². The predicted molar refractivity (Wildman–Crippen MR) is 61.1 cm³/mol. The summed E-state index contributed by atoms with van der Waals surface area (Å²) in [4.78, 5) is 11.3. The van der Waals surface area contributed by atoms with Crippen molar-refractivity contribution in [2.45, 2.75) is 6.42 Å². The van der Waals surface area contributed by atoms with E-state index in [-0.39, 0.29) is 12.5 Å². The van der Waals surface area contributed by atoms with Crippen LogP contribution in [0.3, 0.4) is 0 Å². The van der Waals surface area contributed by atoms with E-state index in [1.807, 2.05) is 11.4 Å². The average molecular weight is 311 g/mol. The Bertz CT molecular complexity index is 287. The molecule has 0 aliphatic heterocycles. The highest BCUT2D eigenvalue weighted by Gasteiger charge is 2.05. The van der Waals surface area contributed by atoms with E-state index < -0.39 is 0 Å². The number of thiophene rings is 1. The average Bonchev–Trinajstić information content (AvgIpc) is 2.52. The second kappa shape index (κ2) is 5.56. The van der Waals surface area contributed by atoms with Crippen molar-refractivity contribution >= 4 is 39.8 Å². The molecule has 5 heteroatoms. The highest BCUT2D eigenvalue weighted by molar-refractivity contribution is 14.1. The maximum absolute atomic E-state index is 11.3. The van der Waals surface area contributed by atoms with Gasteiger partial charge in [-0.25, -0.2) is 0 Å². The Morgan fingerprint density at radius 2 is 2.46 bits per heavy atom. The second-order valence-corrected chi connectivity index (χ2v) is 5.28. The quantitative estimate of drug-likeness (QED) is 0.653. The van der Waals surface area contributed by atoms with Crippen molar-refractivity contribution in [3.05, 3.63) is 19.9 Å². The first-order valence-corrected chi connectivity index (χ1v) is 5.83. The van der Waals surface area contributed by atoms with Crippen molar-refractivity contribution in [2.24, 2.45) is 0 Å². The van der Waals surface area contributed by atoms with E-state index in [0.717, 1.165) is 2.88 Å². The number of hydrogen-bond acceptors (Lipinski definition) is 3. The lowest BCUT2D eigenvalue weighted by Gasteiger charge is -2.00. The number of amides is 1. The SMILES string of the molecule is O=C(NCCCO)c1csc(I)c1. The maximum atomic E-state index is 11.3. The predicted octanol–water partition coefficient (Wildman–Crippen LogP) is 1.46.